The molecule has 35 heavy (non-hydrogen) atoms. The fourth-order valence-corrected chi connectivity index (χ4v) is 4.97. The van der Waals surface area contributed by atoms with Crippen LogP contribution in [-0.4, -0.2) is 41.1 Å². The van der Waals surface area contributed by atoms with Crippen LogP contribution in [0.4, 0.5) is 11.5 Å². The van der Waals surface area contributed by atoms with Gasteiger partial charge in [-0.15, -0.1) is 0 Å². The molecule has 0 radical (unpaired) electrons. The lowest BCUT2D eigenvalue weighted by atomic mass is 10.1. The summed E-state index contributed by atoms with van der Waals surface area (Å²) in [5.74, 6) is 2.30. The fourth-order valence-electron chi connectivity index (χ4n) is 4.16. The molecule has 0 spiro atoms. The minimum atomic E-state index is 0.709. The summed E-state index contributed by atoms with van der Waals surface area (Å²) < 4.78 is 12.2. The smallest absolute Gasteiger partial charge is 0.208 e. The topological polar surface area (TPSA) is 59.5 Å². The molecule has 0 atom stereocenters. The Morgan fingerprint density at radius 2 is 1.74 bits per heavy atom. The van der Waals surface area contributed by atoms with E-state index in [1.807, 2.05) is 73.7 Å². The van der Waals surface area contributed by atoms with Crippen LogP contribution < -0.4 is 14.8 Å². The van der Waals surface area contributed by atoms with Gasteiger partial charge in [0.15, 0.2) is 0 Å². The average Bonchev–Trinajstić information content (AvgIpc) is 3.26. The molecule has 1 aliphatic heterocycles. The molecule has 0 aliphatic carbocycles. The van der Waals surface area contributed by atoms with Gasteiger partial charge in [-0.25, -0.2) is 9.97 Å². The van der Waals surface area contributed by atoms with Crippen LogP contribution in [0.3, 0.4) is 0 Å². The van der Waals surface area contributed by atoms with E-state index in [1.165, 1.54) is 43.7 Å². The summed E-state index contributed by atoms with van der Waals surface area (Å²) in [7, 11) is 0. The van der Waals surface area contributed by atoms with E-state index in [9.17, 15) is 0 Å². The molecule has 0 amide bonds. The zero-order valence-electron chi connectivity index (χ0n) is 19.9. The highest BCUT2D eigenvalue weighted by molar-refractivity contribution is 7.13. The molecule has 4 aromatic rings. The number of aromatic nitrogens is 2. The Labute approximate surface area is 210 Å². The fraction of sp³-hybridized carbons (Fsp3) is 0.286. The van der Waals surface area contributed by atoms with Crippen molar-refractivity contribution in [3.63, 3.8) is 0 Å². The van der Waals surface area contributed by atoms with Crippen molar-refractivity contribution in [3.05, 3.63) is 77.9 Å². The second kappa shape index (κ2) is 11.3. The second-order valence-electron chi connectivity index (χ2n) is 8.61. The number of piperidine rings is 1. The van der Waals surface area contributed by atoms with Gasteiger partial charge in [0.05, 0.1) is 5.01 Å². The molecule has 1 N–H and O–H groups in total. The number of pyridine rings is 1. The van der Waals surface area contributed by atoms with Crippen molar-refractivity contribution < 1.29 is 9.47 Å². The highest BCUT2D eigenvalue weighted by Crippen LogP contribution is 2.38. The average molecular weight is 487 g/mol. The summed E-state index contributed by atoms with van der Waals surface area (Å²) >= 11 is 1.54. The number of aryl methyl sites for hydroxylation is 1. The summed E-state index contributed by atoms with van der Waals surface area (Å²) in [6.07, 6.45) is 5.71. The van der Waals surface area contributed by atoms with Gasteiger partial charge in [0.25, 0.3) is 0 Å². The number of thiazole rings is 1. The first-order valence-electron chi connectivity index (χ1n) is 12.1. The van der Waals surface area contributed by atoms with E-state index in [2.05, 4.69) is 20.2 Å². The number of likely N-dealkylation sites (tertiary alicyclic amines) is 1. The molecule has 0 unspecified atom stereocenters. The van der Waals surface area contributed by atoms with Crippen LogP contribution in [0.2, 0.25) is 0 Å². The van der Waals surface area contributed by atoms with E-state index >= 15 is 0 Å². The Bertz CT molecular complexity index is 1220. The van der Waals surface area contributed by atoms with Gasteiger partial charge in [-0.05, 0) is 63.2 Å². The molecule has 6 nitrogen and oxygen atoms in total. The number of nitrogens with one attached hydrogen (secondary N) is 1. The van der Waals surface area contributed by atoms with Gasteiger partial charge in [0.1, 0.15) is 29.6 Å². The molecular formula is C28H30N4O2S. The first-order chi connectivity index (χ1) is 17.2. The van der Waals surface area contributed by atoms with Crippen LogP contribution in [0.5, 0.6) is 16.6 Å². The molecule has 180 valence electrons. The third-order valence-electron chi connectivity index (χ3n) is 5.94. The number of hydrogen-bond donors (Lipinski definition) is 1. The lowest BCUT2D eigenvalue weighted by Crippen LogP contribution is -2.33. The summed E-state index contributed by atoms with van der Waals surface area (Å²) in [5, 5.41) is 5.09. The maximum Gasteiger partial charge on any atom is 0.208 e. The zero-order chi connectivity index (χ0) is 23.9. The Morgan fingerprint density at radius 1 is 0.943 bits per heavy atom. The van der Waals surface area contributed by atoms with E-state index in [1.54, 1.807) is 6.20 Å². The molecule has 3 heterocycles. The maximum absolute atomic E-state index is 6.23. The Hall–Kier alpha value is -3.42. The van der Waals surface area contributed by atoms with E-state index in [-0.39, 0.29) is 0 Å². The molecule has 7 heteroatoms. The van der Waals surface area contributed by atoms with Gasteiger partial charge in [-0.1, -0.05) is 48.1 Å². The van der Waals surface area contributed by atoms with Crippen molar-refractivity contribution in [3.8, 4) is 27.8 Å². The Morgan fingerprint density at radius 3 is 2.54 bits per heavy atom. The van der Waals surface area contributed by atoms with Crippen LogP contribution in [0.1, 0.15) is 24.3 Å². The van der Waals surface area contributed by atoms with Gasteiger partial charge >= 0.3 is 0 Å². The minimum Gasteiger partial charge on any atom is -0.492 e. The SMILES string of the molecule is Cc1nc(-c2ccccc2)c(Oc2ccnc(Nc3ccc(OCCN4CCCCC4)cc3)c2)s1. The Kier molecular flexibility index (Phi) is 7.56. The standard InChI is InChI=1S/C28H30N4O2S/c1-21-30-27(22-8-4-2-5-9-22)28(35-21)34-25-14-15-29-26(20-25)31-23-10-12-24(13-11-23)33-19-18-32-16-6-3-7-17-32/h2,4-5,8-15,20H,3,6-7,16-19H2,1H3,(H,29,31). The highest BCUT2D eigenvalue weighted by atomic mass is 32.1. The summed E-state index contributed by atoms with van der Waals surface area (Å²) in [4.78, 5) is 11.6. The maximum atomic E-state index is 6.23. The molecule has 1 saturated heterocycles. The van der Waals surface area contributed by atoms with Gasteiger partial charge in [-0.2, -0.15) is 0 Å². The van der Waals surface area contributed by atoms with Gasteiger partial charge < -0.3 is 14.8 Å². The summed E-state index contributed by atoms with van der Waals surface area (Å²) in [5.41, 5.74) is 2.84. The lowest BCUT2D eigenvalue weighted by Gasteiger charge is -2.26. The number of anilines is 2. The van der Waals surface area contributed by atoms with Crippen molar-refractivity contribution in [1.82, 2.24) is 14.9 Å². The normalized spacial score (nSPS) is 14.0. The van der Waals surface area contributed by atoms with Crippen LogP contribution >= 0.6 is 11.3 Å². The van der Waals surface area contributed by atoms with Crippen LogP contribution in [0.25, 0.3) is 11.3 Å². The second-order valence-corrected chi connectivity index (χ2v) is 9.78. The van der Waals surface area contributed by atoms with Gasteiger partial charge in [0.2, 0.25) is 5.06 Å². The van der Waals surface area contributed by atoms with Crippen molar-refractivity contribution in [1.29, 1.82) is 0 Å². The number of rotatable bonds is 9. The van der Waals surface area contributed by atoms with Crippen molar-refractivity contribution >= 4 is 22.8 Å². The molecule has 1 aliphatic rings. The lowest BCUT2D eigenvalue weighted by molar-refractivity contribution is 0.183. The summed E-state index contributed by atoms with van der Waals surface area (Å²) in [6, 6.07) is 21.8. The minimum absolute atomic E-state index is 0.709. The predicted molar refractivity (Wildman–Crippen MR) is 142 cm³/mol. The molecule has 2 aromatic carbocycles. The first kappa shape index (κ1) is 23.3. The number of benzene rings is 2. The molecule has 2 aromatic heterocycles. The monoisotopic (exact) mass is 486 g/mol. The van der Waals surface area contributed by atoms with E-state index in [0.29, 0.717) is 11.6 Å². The molecule has 0 saturated carbocycles. The van der Waals surface area contributed by atoms with Crippen LogP contribution in [-0.2, 0) is 0 Å². The van der Waals surface area contributed by atoms with Crippen LogP contribution in [0.15, 0.2) is 72.9 Å². The quantitative estimate of drug-likeness (QED) is 0.277. The molecule has 5 rings (SSSR count). The zero-order valence-corrected chi connectivity index (χ0v) is 20.8. The Balaban J connectivity index is 1.19. The number of nitrogens with zero attached hydrogens (tertiary/aromatic N) is 3. The third kappa shape index (κ3) is 6.38. The number of ether oxygens (including phenoxy) is 2. The largest absolute Gasteiger partial charge is 0.492 e. The van der Waals surface area contributed by atoms with Crippen molar-refractivity contribution in [2.75, 3.05) is 31.6 Å². The third-order valence-corrected chi connectivity index (χ3v) is 6.79. The van der Waals surface area contributed by atoms with Crippen molar-refractivity contribution in [2.45, 2.75) is 26.2 Å². The van der Waals surface area contributed by atoms with Gasteiger partial charge in [0, 0.05) is 30.1 Å². The highest BCUT2D eigenvalue weighted by Gasteiger charge is 2.14. The van der Waals surface area contributed by atoms with E-state index < -0.39 is 0 Å². The molecule has 1 fully saturated rings. The van der Waals surface area contributed by atoms with E-state index in [4.69, 9.17) is 9.47 Å². The van der Waals surface area contributed by atoms with Gasteiger partial charge in [-0.3, -0.25) is 4.90 Å². The number of hydrogen-bond acceptors (Lipinski definition) is 7. The van der Waals surface area contributed by atoms with E-state index in [0.717, 1.165) is 45.9 Å². The van der Waals surface area contributed by atoms with Crippen molar-refractivity contribution in [2.24, 2.45) is 0 Å². The first-order valence-corrected chi connectivity index (χ1v) is 12.9. The molecule has 0 bridgehead atoms. The van der Waals surface area contributed by atoms with Crippen LogP contribution in [0, 0.1) is 6.92 Å². The summed E-state index contributed by atoms with van der Waals surface area (Å²) in [6.45, 7) is 6.08. The molecular weight excluding hydrogens is 456 g/mol. The predicted octanol–water partition coefficient (Wildman–Crippen LogP) is 6.91.